The van der Waals surface area contributed by atoms with Crippen molar-refractivity contribution in [2.45, 2.75) is 40.2 Å². The van der Waals surface area contributed by atoms with Crippen molar-refractivity contribution >= 4 is 11.9 Å². The number of benzene rings is 1. The maximum Gasteiger partial charge on any atom is 0.326 e. The predicted octanol–water partition coefficient (Wildman–Crippen LogP) is 2.53. The first kappa shape index (κ1) is 15.2. The summed E-state index contributed by atoms with van der Waals surface area (Å²) >= 11 is 0. The maximum atomic E-state index is 12.2. The Kier molecular flexibility index (Phi) is 5.10. The Morgan fingerprint density at radius 3 is 2.16 bits per heavy atom. The number of hydrogen-bond acceptors (Lipinski definition) is 2. The van der Waals surface area contributed by atoms with Gasteiger partial charge in [-0.1, -0.05) is 32.0 Å². The number of hydrogen-bond donors (Lipinski definition) is 2. The van der Waals surface area contributed by atoms with E-state index >= 15 is 0 Å². The average Bonchev–Trinajstić information content (AvgIpc) is 2.27. The van der Waals surface area contributed by atoms with E-state index in [9.17, 15) is 9.59 Å². The van der Waals surface area contributed by atoms with Crippen LogP contribution in [0.15, 0.2) is 18.2 Å². The SMILES string of the molecule is Cc1cccc(C)c1C(=O)N[C@@H](CC(C)C)C(=O)O. The van der Waals surface area contributed by atoms with Crippen LogP contribution < -0.4 is 5.32 Å². The van der Waals surface area contributed by atoms with Crippen LogP contribution in [0.4, 0.5) is 0 Å². The van der Waals surface area contributed by atoms with Gasteiger partial charge in [-0.25, -0.2) is 4.79 Å². The third-order valence-electron chi connectivity index (χ3n) is 3.02. The fourth-order valence-corrected chi connectivity index (χ4v) is 2.10. The van der Waals surface area contributed by atoms with Gasteiger partial charge < -0.3 is 10.4 Å². The Balaban J connectivity index is 2.91. The number of carbonyl (C=O) groups excluding carboxylic acids is 1. The average molecular weight is 263 g/mol. The molecule has 1 atom stereocenters. The first-order valence-electron chi connectivity index (χ1n) is 6.42. The highest BCUT2D eigenvalue weighted by Crippen LogP contribution is 2.14. The van der Waals surface area contributed by atoms with Crippen molar-refractivity contribution in [3.63, 3.8) is 0 Å². The summed E-state index contributed by atoms with van der Waals surface area (Å²) in [5.41, 5.74) is 2.27. The lowest BCUT2D eigenvalue weighted by atomic mass is 10.00. The number of carboxylic acids is 1. The molecule has 104 valence electrons. The van der Waals surface area contributed by atoms with Gasteiger partial charge in [0.2, 0.25) is 0 Å². The molecule has 0 aliphatic rings. The molecule has 0 saturated carbocycles. The maximum absolute atomic E-state index is 12.2. The fourth-order valence-electron chi connectivity index (χ4n) is 2.10. The normalized spacial score (nSPS) is 12.3. The van der Waals surface area contributed by atoms with Gasteiger partial charge in [0.1, 0.15) is 6.04 Å². The third kappa shape index (κ3) is 4.09. The van der Waals surface area contributed by atoms with Gasteiger partial charge in [0, 0.05) is 5.56 Å². The van der Waals surface area contributed by atoms with E-state index in [1.807, 2.05) is 45.9 Å². The van der Waals surface area contributed by atoms with Crippen molar-refractivity contribution in [3.05, 3.63) is 34.9 Å². The van der Waals surface area contributed by atoms with E-state index in [4.69, 9.17) is 5.11 Å². The molecular formula is C15H21NO3. The first-order chi connectivity index (χ1) is 8.82. The molecule has 0 unspecified atom stereocenters. The number of aliphatic carboxylic acids is 1. The summed E-state index contributed by atoms with van der Waals surface area (Å²) in [6.07, 6.45) is 0.423. The van der Waals surface area contributed by atoms with Crippen LogP contribution in [-0.4, -0.2) is 23.0 Å². The summed E-state index contributed by atoms with van der Waals surface area (Å²) in [6.45, 7) is 7.56. The van der Waals surface area contributed by atoms with Gasteiger partial charge in [0.05, 0.1) is 0 Å². The molecule has 1 amide bonds. The second-order valence-electron chi connectivity index (χ2n) is 5.26. The van der Waals surface area contributed by atoms with Crippen LogP contribution in [0.5, 0.6) is 0 Å². The van der Waals surface area contributed by atoms with Crippen LogP contribution in [0.3, 0.4) is 0 Å². The quantitative estimate of drug-likeness (QED) is 0.858. The molecule has 4 heteroatoms. The summed E-state index contributed by atoms with van der Waals surface area (Å²) in [5, 5.41) is 11.7. The van der Waals surface area contributed by atoms with Crippen molar-refractivity contribution in [1.82, 2.24) is 5.32 Å². The van der Waals surface area contributed by atoms with Crippen LogP contribution in [0, 0.1) is 19.8 Å². The largest absolute Gasteiger partial charge is 0.480 e. The molecule has 1 aromatic carbocycles. The summed E-state index contributed by atoms with van der Waals surface area (Å²) in [4.78, 5) is 23.4. The van der Waals surface area contributed by atoms with Crippen LogP contribution >= 0.6 is 0 Å². The third-order valence-corrected chi connectivity index (χ3v) is 3.02. The van der Waals surface area contributed by atoms with Gasteiger partial charge in [-0.05, 0) is 37.3 Å². The zero-order valence-electron chi connectivity index (χ0n) is 11.9. The molecule has 1 rings (SSSR count). The number of amides is 1. The van der Waals surface area contributed by atoms with Crippen molar-refractivity contribution in [3.8, 4) is 0 Å². The van der Waals surface area contributed by atoms with E-state index in [1.165, 1.54) is 0 Å². The van der Waals surface area contributed by atoms with Crippen molar-refractivity contribution in [1.29, 1.82) is 0 Å². The van der Waals surface area contributed by atoms with Gasteiger partial charge in [0.15, 0.2) is 0 Å². The van der Waals surface area contributed by atoms with Crippen molar-refractivity contribution in [2.24, 2.45) is 5.92 Å². The Morgan fingerprint density at radius 1 is 1.21 bits per heavy atom. The summed E-state index contributed by atoms with van der Waals surface area (Å²) in [7, 11) is 0. The molecule has 2 N–H and O–H groups in total. The number of aryl methyl sites for hydroxylation is 2. The predicted molar refractivity (Wildman–Crippen MR) is 74.3 cm³/mol. The van der Waals surface area contributed by atoms with E-state index in [0.717, 1.165) is 11.1 Å². The van der Waals surface area contributed by atoms with Crippen LogP contribution in [0.2, 0.25) is 0 Å². The van der Waals surface area contributed by atoms with Crippen LogP contribution in [0.25, 0.3) is 0 Å². The summed E-state index contributed by atoms with van der Waals surface area (Å²) < 4.78 is 0. The zero-order valence-corrected chi connectivity index (χ0v) is 11.9. The molecule has 0 aliphatic heterocycles. The number of carbonyl (C=O) groups is 2. The van der Waals surface area contributed by atoms with Gasteiger partial charge in [0.25, 0.3) is 5.91 Å². The Labute approximate surface area is 113 Å². The minimum absolute atomic E-state index is 0.208. The molecule has 0 fully saturated rings. The molecule has 0 spiro atoms. The first-order valence-corrected chi connectivity index (χ1v) is 6.42. The van der Waals surface area contributed by atoms with E-state index in [1.54, 1.807) is 0 Å². The van der Waals surface area contributed by atoms with Crippen LogP contribution in [-0.2, 0) is 4.79 Å². The van der Waals surface area contributed by atoms with Crippen molar-refractivity contribution < 1.29 is 14.7 Å². The lowest BCUT2D eigenvalue weighted by Crippen LogP contribution is -2.42. The molecule has 1 aromatic rings. The Morgan fingerprint density at radius 2 is 1.74 bits per heavy atom. The van der Waals surface area contributed by atoms with Gasteiger partial charge >= 0.3 is 5.97 Å². The molecule has 4 nitrogen and oxygen atoms in total. The number of rotatable bonds is 5. The molecule has 19 heavy (non-hydrogen) atoms. The Hall–Kier alpha value is -1.84. The molecule has 0 radical (unpaired) electrons. The number of carboxylic acid groups (broad SMARTS) is 1. The molecule has 0 saturated heterocycles. The second kappa shape index (κ2) is 6.36. The summed E-state index contributed by atoms with van der Waals surface area (Å²) in [6, 6.07) is 4.73. The molecular weight excluding hydrogens is 242 g/mol. The topological polar surface area (TPSA) is 66.4 Å². The van der Waals surface area contributed by atoms with E-state index in [0.29, 0.717) is 12.0 Å². The van der Waals surface area contributed by atoms with Crippen LogP contribution in [0.1, 0.15) is 41.8 Å². The lowest BCUT2D eigenvalue weighted by Gasteiger charge is -2.18. The minimum atomic E-state index is -0.992. The van der Waals surface area contributed by atoms with E-state index in [2.05, 4.69) is 5.32 Å². The van der Waals surface area contributed by atoms with Gasteiger partial charge in [-0.2, -0.15) is 0 Å². The Bertz CT molecular complexity index is 460. The molecule has 0 aliphatic carbocycles. The smallest absolute Gasteiger partial charge is 0.326 e. The standard InChI is InChI=1S/C15H21NO3/c1-9(2)8-12(15(18)19)16-14(17)13-10(3)6-5-7-11(13)4/h5-7,9,12H,8H2,1-4H3,(H,16,17)(H,18,19)/t12-/m0/s1. The molecule has 0 aromatic heterocycles. The molecule has 0 heterocycles. The zero-order chi connectivity index (χ0) is 14.6. The van der Waals surface area contributed by atoms with E-state index in [-0.39, 0.29) is 11.8 Å². The summed E-state index contributed by atoms with van der Waals surface area (Å²) in [5.74, 6) is -1.10. The highest BCUT2D eigenvalue weighted by atomic mass is 16.4. The molecule has 0 bridgehead atoms. The van der Waals surface area contributed by atoms with Gasteiger partial charge in [-0.15, -0.1) is 0 Å². The minimum Gasteiger partial charge on any atom is -0.480 e. The number of nitrogens with one attached hydrogen (secondary N) is 1. The highest BCUT2D eigenvalue weighted by Gasteiger charge is 2.23. The second-order valence-corrected chi connectivity index (χ2v) is 5.26. The monoisotopic (exact) mass is 263 g/mol. The van der Waals surface area contributed by atoms with E-state index < -0.39 is 12.0 Å². The fraction of sp³-hybridized carbons (Fsp3) is 0.467. The highest BCUT2D eigenvalue weighted by molar-refractivity contribution is 5.99. The van der Waals surface area contributed by atoms with Crippen molar-refractivity contribution in [2.75, 3.05) is 0 Å². The lowest BCUT2D eigenvalue weighted by molar-refractivity contribution is -0.139. The van der Waals surface area contributed by atoms with Gasteiger partial charge in [-0.3, -0.25) is 4.79 Å².